The molecule has 0 aromatic heterocycles. The number of rotatable bonds is 4. The van der Waals surface area contributed by atoms with Gasteiger partial charge in [-0.15, -0.1) is 0 Å². The van der Waals surface area contributed by atoms with Gasteiger partial charge >= 0.3 is 0 Å². The average molecular weight is 596 g/mol. The van der Waals surface area contributed by atoms with Crippen molar-refractivity contribution < 1.29 is 9.53 Å². The van der Waals surface area contributed by atoms with Crippen LogP contribution in [-0.2, 0) is 10.4 Å². The smallest absolute Gasteiger partial charge is 0.221 e. The zero-order valence-corrected chi connectivity index (χ0v) is 22.3. The normalized spacial score (nSPS) is 16.7. The highest BCUT2D eigenvalue weighted by Gasteiger charge is 2.46. The molecule has 0 heterocycles. The Morgan fingerprint density at radius 1 is 0.639 bits per heavy atom. The molecule has 1 atom stereocenters. The first-order chi connectivity index (χ1) is 17.6. The molecule has 1 aliphatic carbocycles. The molecule has 0 aliphatic heterocycles. The molecule has 174 valence electrons. The lowest BCUT2D eigenvalue weighted by Crippen LogP contribution is -2.44. The van der Waals surface area contributed by atoms with Crippen LogP contribution in [0, 0.1) is 0 Å². The summed E-state index contributed by atoms with van der Waals surface area (Å²) in [4.78, 5) is 13.9. The fourth-order valence-electron chi connectivity index (χ4n) is 4.94. The van der Waals surface area contributed by atoms with Gasteiger partial charge in [-0.3, -0.25) is 4.79 Å². The Balaban J connectivity index is 1.64. The molecular formula is C32H20Br2O2. The number of hydrogen-bond donors (Lipinski definition) is 0. The summed E-state index contributed by atoms with van der Waals surface area (Å²) in [5.74, 6) is 0.538. The number of fused-ring (bicyclic) bond motifs is 2. The van der Waals surface area contributed by atoms with Crippen molar-refractivity contribution >= 4 is 54.5 Å². The number of ketones is 1. The van der Waals surface area contributed by atoms with Gasteiger partial charge in [-0.25, -0.2) is 0 Å². The zero-order valence-electron chi connectivity index (χ0n) is 19.1. The largest absolute Gasteiger partial charge is 0.469 e. The van der Waals surface area contributed by atoms with Gasteiger partial charge in [-0.1, -0.05) is 117 Å². The Bertz CT molecular complexity index is 1640. The van der Waals surface area contributed by atoms with Crippen LogP contribution in [-0.4, -0.2) is 5.78 Å². The lowest BCUT2D eigenvalue weighted by atomic mass is 9.77. The molecule has 36 heavy (non-hydrogen) atoms. The third kappa shape index (κ3) is 3.82. The van der Waals surface area contributed by atoms with Crippen molar-refractivity contribution in [2.45, 2.75) is 5.60 Å². The van der Waals surface area contributed by atoms with Crippen molar-refractivity contribution in [1.82, 2.24) is 0 Å². The molecule has 4 heteroatoms. The summed E-state index contributed by atoms with van der Waals surface area (Å²) in [5.41, 5.74) is 3.22. The maximum Gasteiger partial charge on any atom is 0.221 e. The molecule has 5 aromatic carbocycles. The SMILES string of the molecule is O=C1C=Cc2ccccc2C1(Oc1ccc2ccccc2c1-c1ccc(Br)cc1)c1ccc(Br)cc1. The molecule has 0 saturated heterocycles. The van der Waals surface area contributed by atoms with E-state index < -0.39 is 5.60 Å². The van der Waals surface area contributed by atoms with Crippen LogP contribution in [0.1, 0.15) is 16.7 Å². The number of carbonyl (C=O) groups excluding carboxylic acids is 1. The van der Waals surface area contributed by atoms with Gasteiger partial charge < -0.3 is 4.74 Å². The van der Waals surface area contributed by atoms with E-state index in [1.807, 2.05) is 84.9 Å². The maximum atomic E-state index is 13.9. The molecule has 6 rings (SSSR count). The number of carbonyl (C=O) groups is 1. The summed E-state index contributed by atoms with van der Waals surface area (Å²) in [7, 11) is 0. The van der Waals surface area contributed by atoms with Gasteiger partial charge in [0.25, 0.3) is 0 Å². The first-order valence-corrected chi connectivity index (χ1v) is 13.2. The second-order valence-corrected chi connectivity index (χ2v) is 10.6. The highest BCUT2D eigenvalue weighted by Crippen LogP contribution is 2.46. The van der Waals surface area contributed by atoms with E-state index in [9.17, 15) is 4.79 Å². The number of halogens is 2. The minimum absolute atomic E-state index is 0.113. The molecule has 2 nitrogen and oxygen atoms in total. The van der Waals surface area contributed by atoms with Crippen molar-refractivity contribution in [1.29, 1.82) is 0 Å². The van der Waals surface area contributed by atoms with Gasteiger partial charge in [0.1, 0.15) is 5.75 Å². The van der Waals surface area contributed by atoms with E-state index in [2.05, 4.69) is 62.2 Å². The van der Waals surface area contributed by atoms with Crippen LogP contribution in [0.4, 0.5) is 0 Å². The van der Waals surface area contributed by atoms with E-state index in [1.165, 1.54) is 0 Å². The van der Waals surface area contributed by atoms with E-state index in [-0.39, 0.29) is 5.78 Å². The Morgan fingerprint density at radius 2 is 1.31 bits per heavy atom. The third-order valence-corrected chi connectivity index (χ3v) is 7.70. The predicted molar refractivity (Wildman–Crippen MR) is 153 cm³/mol. The summed E-state index contributed by atoms with van der Waals surface area (Å²) in [5, 5.41) is 2.17. The van der Waals surface area contributed by atoms with Crippen LogP contribution in [0.2, 0.25) is 0 Å². The molecule has 5 aromatic rings. The predicted octanol–water partition coefficient (Wildman–Crippen LogP) is 8.95. The van der Waals surface area contributed by atoms with Gasteiger partial charge in [0.15, 0.2) is 0 Å². The zero-order chi connectivity index (χ0) is 24.7. The van der Waals surface area contributed by atoms with Crippen LogP contribution in [0.25, 0.3) is 28.0 Å². The van der Waals surface area contributed by atoms with Crippen LogP contribution in [0.5, 0.6) is 5.75 Å². The summed E-state index contributed by atoms with van der Waals surface area (Å²) in [6.45, 7) is 0. The van der Waals surface area contributed by atoms with Crippen LogP contribution >= 0.6 is 31.9 Å². The van der Waals surface area contributed by atoms with E-state index in [4.69, 9.17) is 4.74 Å². The molecule has 0 N–H and O–H groups in total. The molecule has 0 bridgehead atoms. The first kappa shape index (κ1) is 23.0. The Kier molecular flexibility index (Phi) is 5.87. The first-order valence-electron chi connectivity index (χ1n) is 11.6. The summed E-state index contributed by atoms with van der Waals surface area (Å²) in [6.07, 6.45) is 3.50. The standard InChI is InChI=1S/C32H20Br2O2/c33-25-15-9-23(10-16-25)31-27-7-3-1-5-21(27)11-19-29(31)36-32(24-13-17-26(34)18-14-24)28-8-4-2-6-22(28)12-20-30(32)35/h1-20H. The van der Waals surface area contributed by atoms with Gasteiger partial charge in [0, 0.05) is 25.6 Å². The van der Waals surface area contributed by atoms with Crippen molar-refractivity contribution in [3.63, 3.8) is 0 Å². The van der Waals surface area contributed by atoms with E-state index in [0.717, 1.165) is 47.5 Å². The minimum Gasteiger partial charge on any atom is -0.469 e. The maximum absolute atomic E-state index is 13.9. The third-order valence-electron chi connectivity index (χ3n) is 6.64. The molecule has 1 aliphatic rings. The van der Waals surface area contributed by atoms with Crippen molar-refractivity contribution in [2.24, 2.45) is 0 Å². The van der Waals surface area contributed by atoms with Gasteiger partial charge in [-0.05, 0) is 58.3 Å². The molecule has 0 fully saturated rings. The minimum atomic E-state index is -1.32. The van der Waals surface area contributed by atoms with Crippen LogP contribution < -0.4 is 4.74 Å². The molecule has 1 unspecified atom stereocenters. The van der Waals surface area contributed by atoms with E-state index >= 15 is 0 Å². The fourth-order valence-corrected chi connectivity index (χ4v) is 5.47. The van der Waals surface area contributed by atoms with Crippen molar-refractivity contribution in [3.8, 4) is 16.9 Å². The fraction of sp³-hybridized carbons (Fsp3) is 0.0312. The molecule has 0 saturated carbocycles. The van der Waals surface area contributed by atoms with Crippen molar-refractivity contribution in [2.75, 3.05) is 0 Å². The Hall–Kier alpha value is -3.47. The topological polar surface area (TPSA) is 26.3 Å². The number of benzene rings is 5. The molecule has 0 spiro atoms. The van der Waals surface area contributed by atoms with Gasteiger partial charge in [-0.2, -0.15) is 0 Å². The highest BCUT2D eigenvalue weighted by atomic mass is 79.9. The number of ether oxygens (including phenoxy) is 1. The molecule has 0 radical (unpaired) electrons. The van der Waals surface area contributed by atoms with Crippen LogP contribution in [0.3, 0.4) is 0 Å². The second kappa shape index (κ2) is 9.20. The van der Waals surface area contributed by atoms with Crippen molar-refractivity contribution in [3.05, 3.63) is 141 Å². The lowest BCUT2D eigenvalue weighted by Gasteiger charge is -2.37. The average Bonchev–Trinajstić information content (AvgIpc) is 2.91. The van der Waals surface area contributed by atoms with E-state index in [1.54, 1.807) is 6.08 Å². The van der Waals surface area contributed by atoms with Gasteiger partial charge in [0.2, 0.25) is 11.4 Å². The summed E-state index contributed by atoms with van der Waals surface area (Å²) >= 11 is 7.08. The second-order valence-electron chi connectivity index (χ2n) is 8.74. The summed E-state index contributed by atoms with van der Waals surface area (Å²) < 4.78 is 8.94. The number of hydrogen-bond acceptors (Lipinski definition) is 2. The highest BCUT2D eigenvalue weighted by molar-refractivity contribution is 9.10. The van der Waals surface area contributed by atoms with Gasteiger partial charge in [0.05, 0.1) is 0 Å². The Labute approximate surface area is 226 Å². The molecule has 0 amide bonds. The quantitative estimate of drug-likeness (QED) is 0.207. The lowest BCUT2D eigenvalue weighted by molar-refractivity contribution is -0.127. The molecular weight excluding hydrogens is 576 g/mol. The summed E-state index contributed by atoms with van der Waals surface area (Å²) in [6, 6.07) is 36.2. The van der Waals surface area contributed by atoms with Crippen LogP contribution in [0.15, 0.2) is 124 Å². The van der Waals surface area contributed by atoms with E-state index in [0.29, 0.717) is 5.75 Å². The monoisotopic (exact) mass is 594 g/mol. The Morgan fingerprint density at radius 3 is 2.08 bits per heavy atom.